The number of fused-ring (bicyclic) bond motifs is 1. The van der Waals surface area contributed by atoms with Gasteiger partial charge in [0.15, 0.2) is 0 Å². The molecule has 0 bridgehead atoms. The number of amides is 2. The lowest BCUT2D eigenvalue weighted by molar-refractivity contribution is 0.0715. The number of nitrogens with zero attached hydrogens (tertiary/aromatic N) is 2. The van der Waals surface area contributed by atoms with Crippen molar-refractivity contribution >= 4 is 6.03 Å². The van der Waals surface area contributed by atoms with Crippen molar-refractivity contribution in [3.63, 3.8) is 0 Å². The van der Waals surface area contributed by atoms with Gasteiger partial charge in [-0.2, -0.15) is 0 Å². The lowest BCUT2D eigenvalue weighted by Crippen LogP contribution is -2.61. The van der Waals surface area contributed by atoms with Crippen molar-refractivity contribution in [1.29, 1.82) is 0 Å². The number of rotatable bonds is 4. The average Bonchev–Trinajstić information content (AvgIpc) is 2.99. The Kier molecular flexibility index (Phi) is 5.78. The summed E-state index contributed by atoms with van der Waals surface area (Å²) in [4.78, 5) is 15.0. The van der Waals surface area contributed by atoms with E-state index in [4.69, 9.17) is 10.6 Å². The second-order valence-corrected chi connectivity index (χ2v) is 8.54. The monoisotopic (exact) mass is 400 g/mol. The second kappa shape index (κ2) is 8.31. The number of carbonyl (C=O) groups excluding carboxylic acids is 1. The molecule has 1 aromatic carbocycles. The molecule has 0 radical (unpaired) electrons. The third-order valence-corrected chi connectivity index (χ3v) is 6.19. The highest BCUT2D eigenvalue weighted by Crippen LogP contribution is 2.35. The molecule has 29 heavy (non-hydrogen) atoms. The highest BCUT2D eigenvalue weighted by molar-refractivity contribution is 5.76. The molecule has 8 heteroatoms. The molecular weight excluding hydrogens is 368 g/mol. The number of carbonyl (C=O) groups is 1. The minimum absolute atomic E-state index is 0.0176. The Morgan fingerprint density at radius 3 is 2.76 bits per heavy atom. The first-order valence-electron chi connectivity index (χ1n) is 10.4. The van der Waals surface area contributed by atoms with Crippen LogP contribution in [0.4, 0.5) is 4.79 Å². The first kappa shape index (κ1) is 20.2. The first-order chi connectivity index (χ1) is 13.9. The van der Waals surface area contributed by atoms with Gasteiger partial charge in [-0.05, 0) is 37.8 Å². The molecule has 1 aromatic rings. The molecule has 3 heterocycles. The minimum atomic E-state index is -0.417. The first-order valence-corrected chi connectivity index (χ1v) is 10.4. The number of hydrogen-bond donors (Lipinski definition) is 4. The second-order valence-electron chi connectivity index (χ2n) is 8.54. The van der Waals surface area contributed by atoms with E-state index in [0.29, 0.717) is 19.1 Å². The van der Waals surface area contributed by atoms with Crippen molar-refractivity contribution in [2.24, 2.45) is 5.84 Å². The van der Waals surface area contributed by atoms with Gasteiger partial charge in [-0.25, -0.2) is 10.6 Å². The van der Waals surface area contributed by atoms with E-state index in [1.54, 1.807) is 0 Å². The summed E-state index contributed by atoms with van der Waals surface area (Å²) >= 11 is 0. The topological polar surface area (TPSA) is 94.9 Å². The van der Waals surface area contributed by atoms with Crippen LogP contribution in [0, 0.1) is 0 Å². The molecule has 8 nitrogen and oxygen atoms in total. The third-order valence-electron chi connectivity index (χ3n) is 6.19. The van der Waals surface area contributed by atoms with Gasteiger partial charge in [-0.1, -0.05) is 30.3 Å². The Balaban J connectivity index is 1.40. The summed E-state index contributed by atoms with van der Waals surface area (Å²) in [6.45, 7) is 6.73. The van der Waals surface area contributed by atoms with Crippen molar-refractivity contribution in [1.82, 2.24) is 25.9 Å². The Morgan fingerprint density at radius 1 is 1.31 bits per heavy atom. The van der Waals surface area contributed by atoms with Crippen molar-refractivity contribution < 1.29 is 9.53 Å². The maximum Gasteiger partial charge on any atom is 0.335 e. The number of ether oxygens (including phenoxy) is 1. The van der Waals surface area contributed by atoms with E-state index in [2.05, 4.69) is 36.0 Å². The van der Waals surface area contributed by atoms with Crippen molar-refractivity contribution in [2.45, 2.75) is 57.1 Å². The number of likely N-dealkylation sites (tertiary alicyclic amines) is 1. The maximum absolute atomic E-state index is 13.1. The van der Waals surface area contributed by atoms with Crippen molar-refractivity contribution in [3.05, 3.63) is 47.7 Å². The van der Waals surface area contributed by atoms with E-state index < -0.39 is 5.54 Å². The van der Waals surface area contributed by atoms with Gasteiger partial charge in [0, 0.05) is 32.0 Å². The van der Waals surface area contributed by atoms with E-state index in [9.17, 15) is 4.79 Å². The van der Waals surface area contributed by atoms with Crippen LogP contribution in [-0.2, 0) is 11.3 Å². The van der Waals surface area contributed by atoms with Crippen molar-refractivity contribution in [2.75, 3.05) is 19.8 Å². The Hall–Kier alpha value is -2.13. The quantitative estimate of drug-likeness (QED) is 0.343. The van der Waals surface area contributed by atoms with Crippen LogP contribution in [0.2, 0.25) is 0 Å². The summed E-state index contributed by atoms with van der Waals surface area (Å²) < 4.78 is 5.44. The molecule has 0 aromatic heterocycles. The van der Waals surface area contributed by atoms with E-state index in [1.165, 1.54) is 10.6 Å². The van der Waals surface area contributed by atoms with Crippen LogP contribution < -0.4 is 21.8 Å². The number of benzene rings is 1. The molecule has 2 unspecified atom stereocenters. The fraction of sp³-hybridized carbons (Fsp3) is 0.571. The Morgan fingerprint density at radius 2 is 2.03 bits per heavy atom. The highest BCUT2D eigenvalue weighted by Gasteiger charge is 2.48. The molecule has 0 spiro atoms. The standard InChI is InChI=1S/C21H32N6O2/c1-21(2)17-12-23-19(24-16-8-10-29-11-9-16)25-18(17)14-26(21)20(28)27(22)13-15-6-4-3-5-7-15/h3-7,12,16,18-19,23-25H,8-11,13-14,22H2,1-2H3. The summed E-state index contributed by atoms with van der Waals surface area (Å²) in [5, 5.41) is 11.9. The molecule has 2 atom stereocenters. The predicted molar refractivity (Wildman–Crippen MR) is 111 cm³/mol. The van der Waals surface area contributed by atoms with Crippen LogP contribution in [0.3, 0.4) is 0 Å². The third kappa shape index (κ3) is 4.25. The highest BCUT2D eigenvalue weighted by atomic mass is 16.5. The zero-order valence-electron chi connectivity index (χ0n) is 17.2. The fourth-order valence-electron chi connectivity index (χ4n) is 4.45. The minimum Gasteiger partial charge on any atom is -0.381 e. The Labute approximate surface area is 172 Å². The summed E-state index contributed by atoms with van der Waals surface area (Å²) in [5.74, 6) is 6.15. The van der Waals surface area contributed by atoms with Crippen LogP contribution >= 0.6 is 0 Å². The van der Waals surface area contributed by atoms with Crippen LogP contribution in [0.25, 0.3) is 0 Å². The largest absolute Gasteiger partial charge is 0.381 e. The lowest BCUT2D eigenvalue weighted by atomic mass is 9.92. The molecule has 0 saturated carbocycles. The molecule has 3 aliphatic heterocycles. The molecule has 5 N–H and O–H groups in total. The number of hydrazine groups is 1. The Bertz CT molecular complexity index is 747. The van der Waals surface area contributed by atoms with Gasteiger partial charge < -0.3 is 15.0 Å². The molecule has 2 fully saturated rings. The fourth-order valence-corrected chi connectivity index (χ4v) is 4.45. The normalized spacial score (nSPS) is 26.4. The maximum atomic E-state index is 13.1. The van der Waals surface area contributed by atoms with Gasteiger partial charge in [0.1, 0.15) is 6.29 Å². The van der Waals surface area contributed by atoms with E-state index in [0.717, 1.165) is 31.6 Å². The van der Waals surface area contributed by atoms with Crippen molar-refractivity contribution in [3.8, 4) is 0 Å². The average molecular weight is 401 g/mol. The molecule has 2 saturated heterocycles. The smallest absolute Gasteiger partial charge is 0.335 e. The van der Waals surface area contributed by atoms with E-state index >= 15 is 0 Å². The summed E-state index contributed by atoms with van der Waals surface area (Å²) in [6, 6.07) is 10.2. The molecule has 3 aliphatic rings. The zero-order chi connectivity index (χ0) is 20.4. The SMILES string of the molecule is CC1(C)C2=CNC(NC3CCOCC3)NC2CN1C(=O)N(N)Cc1ccccc1. The van der Waals surface area contributed by atoms with Gasteiger partial charge in [0.25, 0.3) is 0 Å². The summed E-state index contributed by atoms with van der Waals surface area (Å²) in [7, 11) is 0. The number of nitrogens with two attached hydrogens (primary N) is 1. The van der Waals surface area contributed by atoms with Crippen LogP contribution in [-0.4, -0.2) is 59.6 Å². The van der Waals surface area contributed by atoms with E-state index in [1.807, 2.05) is 35.2 Å². The lowest BCUT2D eigenvalue weighted by Gasteiger charge is -2.37. The number of urea groups is 1. The van der Waals surface area contributed by atoms with Crippen LogP contribution in [0.1, 0.15) is 32.3 Å². The summed E-state index contributed by atoms with van der Waals surface area (Å²) in [6.07, 6.45) is 4.07. The number of nitrogens with one attached hydrogen (secondary N) is 3. The molecule has 2 amide bonds. The molecule has 4 rings (SSSR count). The van der Waals surface area contributed by atoms with Gasteiger partial charge >= 0.3 is 6.03 Å². The van der Waals surface area contributed by atoms with Gasteiger partial charge in [0.05, 0.1) is 18.1 Å². The molecule has 158 valence electrons. The van der Waals surface area contributed by atoms with Crippen LogP contribution in [0.5, 0.6) is 0 Å². The number of hydrogen-bond acceptors (Lipinski definition) is 6. The van der Waals surface area contributed by atoms with Crippen LogP contribution in [0.15, 0.2) is 42.1 Å². The summed E-state index contributed by atoms with van der Waals surface area (Å²) in [5.41, 5.74) is 1.76. The zero-order valence-corrected chi connectivity index (χ0v) is 17.2. The molecular formula is C21H32N6O2. The van der Waals surface area contributed by atoms with Gasteiger partial charge in [-0.15, -0.1) is 0 Å². The molecule has 0 aliphatic carbocycles. The predicted octanol–water partition coefficient (Wildman–Crippen LogP) is 1.07. The van der Waals surface area contributed by atoms with E-state index in [-0.39, 0.29) is 18.4 Å². The van der Waals surface area contributed by atoms with Gasteiger partial charge in [0.2, 0.25) is 0 Å². The van der Waals surface area contributed by atoms with Gasteiger partial charge in [-0.3, -0.25) is 15.6 Å².